The van der Waals surface area contributed by atoms with Gasteiger partial charge in [-0.2, -0.15) is 0 Å². The number of rotatable bonds is 6. The van der Waals surface area contributed by atoms with Crippen LogP contribution in [0.3, 0.4) is 0 Å². The fourth-order valence-electron chi connectivity index (χ4n) is 4.23. The van der Waals surface area contributed by atoms with Crippen LogP contribution in [0.2, 0.25) is 0 Å². The summed E-state index contributed by atoms with van der Waals surface area (Å²) in [6.07, 6.45) is 9.65. The number of hydrogen-bond donors (Lipinski definition) is 1. The topological polar surface area (TPSA) is 32.3 Å². The Kier molecular flexibility index (Phi) is 5.71. The zero-order valence-electron chi connectivity index (χ0n) is 14.4. The lowest BCUT2D eigenvalue weighted by Crippen LogP contribution is -2.39. The zero-order valence-corrected chi connectivity index (χ0v) is 14.4. The Morgan fingerprint density at radius 1 is 1.17 bits per heavy atom. The van der Waals surface area contributed by atoms with E-state index >= 15 is 0 Å². The molecular weight excluding hydrogens is 284 g/mol. The Morgan fingerprint density at radius 2 is 1.96 bits per heavy atom. The predicted molar refractivity (Wildman–Crippen MR) is 94.6 cm³/mol. The maximum Gasteiger partial charge on any atom is 0.220 e. The number of fused-ring (bicyclic) bond motifs is 1. The molecule has 23 heavy (non-hydrogen) atoms. The molecule has 3 heteroatoms. The van der Waals surface area contributed by atoms with E-state index in [1.54, 1.807) is 0 Å². The first-order chi connectivity index (χ1) is 11.2. The highest BCUT2D eigenvalue weighted by Gasteiger charge is 2.24. The Bertz CT molecular complexity index is 522. The first kappa shape index (κ1) is 16.5. The van der Waals surface area contributed by atoms with Gasteiger partial charge < -0.3 is 10.2 Å². The highest BCUT2D eigenvalue weighted by atomic mass is 16.1. The fraction of sp³-hybridized carbons (Fsp3) is 0.650. The van der Waals surface area contributed by atoms with Crippen LogP contribution in [-0.2, 0) is 11.2 Å². The number of likely N-dealkylation sites (N-methyl/N-ethyl adjacent to an activating group) is 1. The maximum atomic E-state index is 12.2. The third-order valence-corrected chi connectivity index (χ3v) is 5.67. The monoisotopic (exact) mass is 314 g/mol. The van der Waals surface area contributed by atoms with Crippen molar-refractivity contribution < 1.29 is 4.79 Å². The molecule has 3 nitrogen and oxygen atoms in total. The van der Waals surface area contributed by atoms with Gasteiger partial charge in [0, 0.05) is 25.6 Å². The van der Waals surface area contributed by atoms with Gasteiger partial charge in [0.05, 0.1) is 0 Å². The Labute approximate surface area is 140 Å². The van der Waals surface area contributed by atoms with Crippen molar-refractivity contribution in [2.75, 3.05) is 20.1 Å². The molecule has 0 spiro atoms. The second-order valence-corrected chi connectivity index (χ2v) is 7.26. The molecule has 1 aromatic rings. The summed E-state index contributed by atoms with van der Waals surface area (Å²) in [5.74, 6) is 0.631. The summed E-state index contributed by atoms with van der Waals surface area (Å²) in [7, 11) is 2.20. The van der Waals surface area contributed by atoms with E-state index in [9.17, 15) is 4.79 Å². The number of benzene rings is 1. The number of amides is 1. The number of hydrogen-bond acceptors (Lipinski definition) is 2. The van der Waals surface area contributed by atoms with E-state index in [0.717, 1.165) is 32.0 Å². The summed E-state index contributed by atoms with van der Waals surface area (Å²) in [4.78, 5) is 14.7. The average molecular weight is 314 g/mol. The van der Waals surface area contributed by atoms with Gasteiger partial charge in [-0.3, -0.25) is 4.79 Å². The number of aryl methyl sites for hydroxylation is 1. The number of nitrogens with one attached hydrogen (secondary N) is 1. The van der Waals surface area contributed by atoms with E-state index in [1.807, 2.05) is 0 Å². The van der Waals surface area contributed by atoms with E-state index in [1.165, 1.54) is 43.2 Å². The highest BCUT2D eigenvalue weighted by molar-refractivity contribution is 5.77. The second-order valence-electron chi connectivity index (χ2n) is 7.26. The summed E-state index contributed by atoms with van der Waals surface area (Å²) in [6, 6.07) is 9.31. The molecule has 0 aromatic heterocycles. The standard InChI is InChI=1S/C20H30N2O/c1-22(18-8-3-2-4-9-18)14-13-21-20(23)15-17-12-11-16-7-5-6-10-19(16)17/h5-7,10,17-18H,2-4,8-9,11-15H2,1H3,(H,21,23). The maximum absolute atomic E-state index is 12.2. The van der Waals surface area contributed by atoms with Crippen molar-refractivity contribution in [2.45, 2.75) is 63.3 Å². The van der Waals surface area contributed by atoms with Crippen molar-refractivity contribution in [3.63, 3.8) is 0 Å². The van der Waals surface area contributed by atoms with E-state index in [2.05, 4.69) is 41.5 Å². The summed E-state index contributed by atoms with van der Waals surface area (Å²) in [5.41, 5.74) is 2.82. The van der Waals surface area contributed by atoms with Gasteiger partial charge in [0.15, 0.2) is 0 Å². The molecule has 3 rings (SSSR count). The van der Waals surface area contributed by atoms with Crippen LogP contribution in [-0.4, -0.2) is 37.0 Å². The average Bonchev–Trinajstić information content (AvgIpc) is 2.99. The molecule has 1 saturated carbocycles. The molecule has 2 aliphatic rings. The van der Waals surface area contributed by atoms with Crippen molar-refractivity contribution in [2.24, 2.45) is 0 Å². The Morgan fingerprint density at radius 3 is 2.78 bits per heavy atom. The second kappa shape index (κ2) is 7.96. The highest BCUT2D eigenvalue weighted by Crippen LogP contribution is 2.35. The lowest BCUT2D eigenvalue weighted by Gasteiger charge is -2.31. The van der Waals surface area contributed by atoms with Crippen LogP contribution >= 0.6 is 0 Å². The molecule has 0 heterocycles. The van der Waals surface area contributed by atoms with Crippen molar-refractivity contribution >= 4 is 5.91 Å². The largest absolute Gasteiger partial charge is 0.355 e. The third kappa shape index (κ3) is 4.35. The molecule has 1 fully saturated rings. The third-order valence-electron chi connectivity index (χ3n) is 5.67. The number of carbonyl (C=O) groups excluding carboxylic acids is 1. The number of carbonyl (C=O) groups is 1. The van der Waals surface area contributed by atoms with Gasteiger partial charge in [-0.05, 0) is 49.8 Å². The molecule has 0 saturated heterocycles. The summed E-state index contributed by atoms with van der Waals surface area (Å²) in [5, 5.41) is 3.13. The Balaban J connectivity index is 1.38. The molecule has 126 valence electrons. The lowest BCUT2D eigenvalue weighted by atomic mass is 9.94. The molecule has 1 unspecified atom stereocenters. The molecule has 1 amide bonds. The molecule has 0 bridgehead atoms. The van der Waals surface area contributed by atoms with Crippen LogP contribution < -0.4 is 5.32 Å². The van der Waals surface area contributed by atoms with Crippen LogP contribution in [0.25, 0.3) is 0 Å². The van der Waals surface area contributed by atoms with Crippen molar-refractivity contribution in [3.05, 3.63) is 35.4 Å². The molecule has 0 aliphatic heterocycles. The molecular formula is C20H30N2O. The van der Waals surface area contributed by atoms with Crippen LogP contribution in [0.5, 0.6) is 0 Å². The van der Waals surface area contributed by atoms with E-state index in [-0.39, 0.29) is 5.91 Å². The summed E-state index contributed by atoms with van der Waals surface area (Å²) in [6.45, 7) is 1.75. The van der Waals surface area contributed by atoms with E-state index in [0.29, 0.717) is 12.3 Å². The minimum atomic E-state index is 0.212. The normalized spacial score (nSPS) is 21.4. The molecule has 2 aliphatic carbocycles. The van der Waals surface area contributed by atoms with Gasteiger partial charge in [0.1, 0.15) is 0 Å². The van der Waals surface area contributed by atoms with Gasteiger partial charge >= 0.3 is 0 Å². The van der Waals surface area contributed by atoms with Gasteiger partial charge in [0.2, 0.25) is 5.91 Å². The van der Waals surface area contributed by atoms with Gasteiger partial charge in [0.25, 0.3) is 0 Å². The van der Waals surface area contributed by atoms with Crippen LogP contribution in [0.15, 0.2) is 24.3 Å². The van der Waals surface area contributed by atoms with Crippen LogP contribution in [0, 0.1) is 0 Å². The summed E-state index contributed by atoms with van der Waals surface area (Å²) < 4.78 is 0. The van der Waals surface area contributed by atoms with Crippen LogP contribution in [0.1, 0.15) is 62.0 Å². The van der Waals surface area contributed by atoms with E-state index in [4.69, 9.17) is 0 Å². The smallest absolute Gasteiger partial charge is 0.220 e. The van der Waals surface area contributed by atoms with Crippen molar-refractivity contribution in [1.82, 2.24) is 10.2 Å². The number of nitrogens with zero attached hydrogens (tertiary/aromatic N) is 1. The quantitative estimate of drug-likeness (QED) is 0.872. The summed E-state index contributed by atoms with van der Waals surface area (Å²) >= 11 is 0. The lowest BCUT2D eigenvalue weighted by molar-refractivity contribution is -0.121. The molecule has 1 aromatic carbocycles. The molecule has 1 atom stereocenters. The fourth-order valence-corrected chi connectivity index (χ4v) is 4.23. The predicted octanol–water partition coefficient (Wildman–Crippen LogP) is 3.49. The SMILES string of the molecule is CN(CCNC(=O)CC1CCc2ccccc21)C1CCCCC1. The van der Waals surface area contributed by atoms with Crippen molar-refractivity contribution in [3.8, 4) is 0 Å². The molecule has 1 N–H and O–H groups in total. The first-order valence-electron chi connectivity index (χ1n) is 9.29. The van der Waals surface area contributed by atoms with Gasteiger partial charge in [-0.25, -0.2) is 0 Å². The zero-order chi connectivity index (χ0) is 16.1. The minimum absolute atomic E-state index is 0.212. The Hall–Kier alpha value is -1.35. The first-order valence-corrected chi connectivity index (χ1v) is 9.29. The van der Waals surface area contributed by atoms with E-state index < -0.39 is 0 Å². The van der Waals surface area contributed by atoms with Crippen molar-refractivity contribution in [1.29, 1.82) is 0 Å². The van der Waals surface area contributed by atoms with Gasteiger partial charge in [-0.1, -0.05) is 43.5 Å². The minimum Gasteiger partial charge on any atom is -0.355 e. The van der Waals surface area contributed by atoms with Crippen LogP contribution in [0.4, 0.5) is 0 Å². The van der Waals surface area contributed by atoms with Gasteiger partial charge in [-0.15, -0.1) is 0 Å². The molecule has 0 radical (unpaired) electrons.